The number of esters is 1. The standard InChI is InChI=1S/C24H17BrINO4/c1-29-21-8-4-6-16(22(21)30-14-17-5-2-3-7-19(17)25)13-20-24(28)31-23(27-20)15-9-11-18(26)12-10-15/h2-13H,14H2,1H3/b20-13-. The van der Waals surface area contributed by atoms with Crippen LogP contribution in [0, 0.1) is 3.57 Å². The molecule has 0 fully saturated rings. The van der Waals surface area contributed by atoms with Gasteiger partial charge in [-0.1, -0.05) is 46.3 Å². The number of hydrogen-bond acceptors (Lipinski definition) is 5. The fourth-order valence-electron chi connectivity index (χ4n) is 3.00. The Kier molecular flexibility index (Phi) is 6.72. The van der Waals surface area contributed by atoms with Crippen LogP contribution in [0.4, 0.5) is 0 Å². The Morgan fingerprint density at radius 2 is 1.84 bits per heavy atom. The first-order valence-electron chi connectivity index (χ1n) is 9.37. The van der Waals surface area contributed by atoms with E-state index in [9.17, 15) is 4.79 Å². The topological polar surface area (TPSA) is 57.1 Å². The smallest absolute Gasteiger partial charge is 0.363 e. The number of hydrogen-bond donors (Lipinski definition) is 0. The molecule has 0 bridgehead atoms. The maximum absolute atomic E-state index is 12.4. The van der Waals surface area contributed by atoms with Gasteiger partial charge in [-0.15, -0.1) is 0 Å². The number of benzene rings is 3. The van der Waals surface area contributed by atoms with Crippen LogP contribution < -0.4 is 9.47 Å². The minimum Gasteiger partial charge on any atom is -0.493 e. The van der Waals surface area contributed by atoms with Gasteiger partial charge >= 0.3 is 5.97 Å². The van der Waals surface area contributed by atoms with Crippen molar-refractivity contribution < 1.29 is 19.0 Å². The maximum atomic E-state index is 12.4. The number of para-hydroxylation sites is 1. The van der Waals surface area contributed by atoms with E-state index in [2.05, 4.69) is 43.5 Å². The maximum Gasteiger partial charge on any atom is 0.363 e. The quantitative estimate of drug-likeness (QED) is 0.201. The van der Waals surface area contributed by atoms with Gasteiger partial charge in [-0.2, -0.15) is 0 Å². The van der Waals surface area contributed by atoms with E-state index in [1.54, 1.807) is 13.2 Å². The summed E-state index contributed by atoms with van der Waals surface area (Å²) in [6.45, 7) is 0.333. The number of ether oxygens (including phenoxy) is 3. The minimum absolute atomic E-state index is 0.201. The van der Waals surface area contributed by atoms with E-state index in [0.29, 0.717) is 23.7 Å². The Bertz CT molecular complexity index is 1190. The van der Waals surface area contributed by atoms with Gasteiger partial charge in [0.1, 0.15) is 6.61 Å². The normalized spacial score (nSPS) is 14.4. The fourth-order valence-corrected chi connectivity index (χ4v) is 3.76. The third kappa shape index (κ3) is 4.99. The van der Waals surface area contributed by atoms with Crippen molar-refractivity contribution >= 4 is 56.5 Å². The summed E-state index contributed by atoms with van der Waals surface area (Å²) in [5, 5.41) is 0. The summed E-state index contributed by atoms with van der Waals surface area (Å²) < 4.78 is 19.0. The lowest BCUT2D eigenvalue weighted by Gasteiger charge is -2.14. The van der Waals surface area contributed by atoms with Crippen LogP contribution in [0.25, 0.3) is 6.08 Å². The van der Waals surface area contributed by atoms with Gasteiger partial charge in [0, 0.05) is 24.7 Å². The molecule has 4 rings (SSSR count). The molecule has 0 N–H and O–H groups in total. The van der Waals surface area contributed by atoms with E-state index in [1.807, 2.05) is 66.7 Å². The third-order valence-corrected chi connectivity index (χ3v) is 6.06. The van der Waals surface area contributed by atoms with Crippen molar-refractivity contribution in [2.75, 3.05) is 7.11 Å². The van der Waals surface area contributed by atoms with Crippen LogP contribution >= 0.6 is 38.5 Å². The first kappa shape index (κ1) is 21.6. The Labute approximate surface area is 202 Å². The molecule has 0 aliphatic carbocycles. The SMILES string of the molecule is COc1cccc(/C=C2\N=C(c3ccc(I)cc3)OC2=O)c1OCc1ccccc1Br. The van der Waals surface area contributed by atoms with Crippen LogP contribution in [0.5, 0.6) is 11.5 Å². The van der Waals surface area contributed by atoms with Gasteiger partial charge < -0.3 is 14.2 Å². The molecule has 1 heterocycles. The predicted octanol–water partition coefficient (Wildman–Crippen LogP) is 5.99. The van der Waals surface area contributed by atoms with Crippen molar-refractivity contribution in [1.29, 1.82) is 0 Å². The second-order valence-electron chi connectivity index (χ2n) is 6.60. The third-order valence-electron chi connectivity index (χ3n) is 4.56. The molecule has 31 heavy (non-hydrogen) atoms. The van der Waals surface area contributed by atoms with Gasteiger partial charge in [0.25, 0.3) is 0 Å². The number of cyclic esters (lactones) is 1. The van der Waals surface area contributed by atoms with Gasteiger partial charge in [-0.25, -0.2) is 9.79 Å². The van der Waals surface area contributed by atoms with Gasteiger partial charge in [-0.3, -0.25) is 0 Å². The molecule has 0 spiro atoms. The van der Waals surface area contributed by atoms with E-state index >= 15 is 0 Å². The van der Waals surface area contributed by atoms with E-state index in [4.69, 9.17) is 14.2 Å². The van der Waals surface area contributed by atoms with Crippen molar-refractivity contribution in [2.24, 2.45) is 4.99 Å². The zero-order chi connectivity index (χ0) is 21.8. The van der Waals surface area contributed by atoms with E-state index in [-0.39, 0.29) is 11.6 Å². The average molecular weight is 590 g/mol. The van der Waals surface area contributed by atoms with E-state index < -0.39 is 5.97 Å². The summed E-state index contributed by atoms with van der Waals surface area (Å²) in [6, 6.07) is 20.9. The molecule has 156 valence electrons. The molecule has 0 unspecified atom stereocenters. The average Bonchev–Trinajstić information content (AvgIpc) is 3.14. The molecule has 3 aromatic rings. The molecule has 7 heteroatoms. The Morgan fingerprint density at radius 3 is 2.58 bits per heavy atom. The van der Waals surface area contributed by atoms with Crippen LogP contribution in [0.15, 0.2) is 81.9 Å². The van der Waals surface area contributed by atoms with Crippen molar-refractivity contribution in [1.82, 2.24) is 0 Å². The van der Waals surface area contributed by atoms with Crippen molar-refractivity contribution in [2.45, 2.75) is 6.61 Å². The molecule has 5 nitrogen and oxygen atoms in total. The molecule has 1 aliphatic heterocycles. The van der Waals surface area contributed by atoms with Crippen LogP contribution in [-0.4, -0.2) is 19.0 Å². The number of methoxy groups -OCH3 is 1. The lowest BCUT2D eigenvalue weighted by Crippen LogP contribution is -2.05. The van der Waals surface area contributed by atoms with E-state index in [0.717, 1.165) is 19.2 Å². The van der Waals surface area contributed by atoms with Crippen molar-refractivity contribution in [3.05, 3.63) is 97.2 Å². The molecule has 3 aromatic carbocycles. The number of halogens is 2. The van der Waals surface area contributed by atoms with Gasteiger partial charge in [0.2, 0.25) is 5.90 Å². The lowest BCUT2D eigenvalue weighted by molar-refractivity contribution is -0.129. The first-order chi connectivity index (χ1) is 15.0. The monoisotopic (exact) mass is 589 g/mol. The fraction of sp³-hybridized carbons (Fsp3) is 0.0833. The second kappa shape index (κ2) is 9.65. The minimum atomic E-state index is -0.506. The summed E-state index contributed by atoms with van der Waals surface area (Å²) in [6.07, 6.45) is 1.65. The first-order valence-corrected chi connectivity index (χ1v) is 11.2. The molecule has 0 radical (unpaired) electrons. The highest BCUT2D eigenvalue weighted by Gasteiger charge is 2.25. The number of carbonyl (C=O) groups is 1. The zero-order valence-corrected chi connectivity index (χ0v) is 20.2. The Morgan fingerprint density at radius 1 is 1.06 bits per heavy atom. The highest BCUT2D eigenvalue weighted by Crippen LogP contribution is 2.34. The number of rotatable bonds is 6. The van der Waals surface area contributed by atoms with Crippen LogP contribution in [0.3, 0.4) is 0 Å². The molecule has 0 saturated carbocycles. The zero-order valence-electron chi connectivity index (χ0n) is 16.5. The summed E-state index contributed by atoms with van der Waals surface area (Å²) >= 11 is 5.75. The number of carbonyl (C=O) groups excluding carboxylic acids is 1. The highest BCUT2D eigenvalue weighted by atomic mass is 127. The summed E-state index contributed by atoms with van der Waals surface area (Å²) in [5.74, 6) is 0.868. The largest absolute Gasteiger partial charge is 0.493 e. The number of nitrogens with zero attached hydrogens (tertiary/aromatic N) is 1. The summed E-state index contributed by atoms with van der Waals surface area (Å²) in [5.41, 5.74) is 2.61. The Balaban J connectivity index is 1.66. The molecule has 0 atom stereocenters. The van der Waals surface area contributed by atoms with Gasteiger partial charge in [0.05, 0.1) is 7.11 Å². The van der Waals surface area contributed by atoms with Gasteiger partial charge in [-0.05, 0) is 65.1 Å². The Hall–Kier alpha value is -2.65. The molecule has 0 saturated heterocycles. The van der Waals surface area contributed by atoms with E-state index in [1.165, 1.54) is 0 Å². The van der Waals surface area contributed by atoms with Crippen molar-refractivity contribution in [3.63, 3.8) is 0 Å². The molecule has 0 aromatic heterocycles. The van der Waals surface area contributed by atoms with Gasteiger partial charge in [0.15, 0.2) is 17.2 Å². The lowest BCUT2D eigenvalue weighted by atomic mass is 10.1. The summed E-state index contributed by atoms with van der Waals surface area (Å²) in [7, 11) is 1.58. The van der Waals surface area contributed by atoms with Crippen LogP contribution in [0.1, 0.15) is 16.7 Å². The molecular weight excluding hydrogens is 573 g/mol. The molecular formula is C24H17BrINO4. The van der Waals surface area contributed by atoms with Crippen LogP contribution in [0.2, 0.25) is 0 Å². The van der Waals surface area contributed by atoms with Crippen molar-refractivity contribution in [3.8, 4) is 11.5 Å². The summed E-state index contributed by atoms with van der Waals surface area (Å²) in [4.78, 5) is 16.8. The highest BCUT2D eigenvalue weighted by molar-refractivity contribution is 14.1. The second-order valence-corrected chi connectivity index (χ2v) is 8.70. The molecule has 0 amide bonds. The molecule has 1 aliphatic rings. The van der Waals surface area contributed by atoms with Crippen LogP contribution in [-0.2, 0) is 16.1 Å². The predicted molar refractivity (Wildman–Crippen MR) is 131 cm³/mol. The number of aliphatic imine (C=N–C) groups is 1.